The van der Waals surface area contributed by atoms with Gasteiger partial charge in [0.1, 0.15) is 0 Å². The SMILES string of the molecule is CCN(C(=O)c1ccc(OC)c(OC)c1)C1CCNC1. The lowest BCUT2D eigenvalue weighted by Gasteiger charge is -2.27. The van der Waals surface area contributed by atoms with E-state index < -0.39 is 0 Å². The summed E-state index contributed by atoms with van der Waals surface area (Å²) in [6.07, 6.45) is 1.01. The molecule has 1 unspecified atom stereocenters. The Hall–Kier alpha value is -1.75. The number of carbonyl (C=O) groups is 1. The van der Waals surface area contributed by atoms with Crippen molar-refractivity contribution in [2.75, 3.05) is 33.9 Å². The van der Waals surface area contributed by atoms with Crippen molar-refractivity contribution in [2.24, 2.45) is 0 Å². The highest BCUT2D eigenvalue weighted by Gasteiger charge is 2.26. The third kappa shape index (κ3) is 2.88. The molecule has 1 aliphatic rings. The Morgan fingerprint density at radius 1 is 1.35 bits per heavy atom. The van der Waals surface area contributed by atoms with Gasteiger partial charge in [-0.3, -0.25) is 4.79 Å². The summed E-state index contributed by atoms with van der Waals surface area (Å²) in [5, 5.41) is 3.30. The normalized spacial score (nSPS) is 17.9. The van der Waals surface area contributed by atoms with Gasteiger partial charge in [0.25, 0.3) is 5.91 Å². The van der Waals surface area contributed by atoms with Crippen molar-refractivity contribution >= 4 is 5.91 Å². The summed E-state index contributed by atoms with van der Waals surface area (Å²) >= 11 is 0. The number of carbonyl (C=O) groups excluding carboxylic acids is 1. The number of nitrogens with zero attached hydrogens (tertiary/aromatic N) is 1. The van der Waals surface area contributed by atoms with Gasteiger partial charge in [0.15, 0.2) is 11.5 Å². The van der Waals surface area contributed by atoms with E-state index >= 15 is 0 Å². The lowest BCUT2D eigenvalue weighted by atomic mass is 10.1. The van der Waals surface area contributed by atoms with E-state index in [0.29, 0.717) is 23.6 Å². The van der Waals surface area contributed by atoms with E-state index in [-0.39, 0.29) is 11.9 Å². The van der Waals surface area contributed by atoms with Crippen molar-refractivity contribution in [3.63, 3.8) is 0 Å². The van der Waals surface area contributed by atoms with Gasteiger partial charge < -0.3 is 19.7 Å². The number of methoxy groups -OCH3 is 2. The van der Waals surface area contributed by atoms with Crippen LogP contribution in [0.15, 0.2) is 18.2 Å². The van der Waals surface area contributed by atoms with Gasteiger partial charge in [0.2, 0.25) is 0 Å². The minimum atomic E-state index is 0.0437. The van der Waals surface area contributed by atoms with Crippen molar-refractivity contribution in [1.29, 1.82) is 0 Å². The Morgan fingerprint density at radius 3 is 2.65 bits per heavy atom. The van der Waals surface area contributed by atoms with E-state index in [1.165, 1.54) is 0 Å². The maximum atomic E-state index is 12.6. The summed E-state index contributed by atoms with van der Waals surface area (Å²) in [4.78, 5) is 14.6. The smallest absolute Gasteiger partial charge is 0.254 e. The number of hydrogen-bond donors (Lipinski definition) is 1. The molecule has 1 saturated heterocycles. The topological polar surface area (TPSA) is 50.8 Å². The Morgan fingerprint density at radius 2 is 2.10 bits per heavy atom. The van der Waals surface area contributed by atoms with Gasteiger partial charge in [-0.15, -0.1) is 0 Å². The van der Waals surface area contributed by atoms with E-state index in [4.69, 9.17) is 9.47 Å². The number of likely N-dealkylation sites (N-methyl/N-ethyl adjacent to an activating group) is 1. The maximum Gasteiger partial charge on any atom is 0.254 e. The molecule has 1 atom stereocenters. The molecule has 1 fully saturated rings. The lowest BCUT2D eigenvalue weighted by Crippen LogP contribution is -2.41. The van der Waals surface area contributed by atoms with Crippen LogP contribution in [0.2, 0.25) is 0 Å². The molecular weight excluding hydrogens is 256 g/mol. The number of rotatable bonds is 5. The minimum absolute atomic E-state index is 0.0437. The first-order valence-corrected chi connectivity index (χ1v) is 6.95. The van der Waals surface area contributed by atoms with Crippen LogP contribution in [0.5, 0.6) is 11.5 Å². The molecule has 0 spiro atoms. The summed E-state index contributed by atoms with van der Waals surface area (Å²) in [7, 11) is 3.16. The number of hydrogen-bond acceptors (Lipinski definition) is 4. The first-order valence-electron chi connectivity index (χ1n) is 6.95. The molecule has 5 nitrogen and oxygen atoms in total. The quantitative estimate of drug-likeness (QED) is 0.887. The minimum Gasteiger partial charge on any atom is -0.493 e. The molecule has 0 bridgehead atoms. The zero-order valence-corrected chi connectivity index (χ0v) is 12.3. The third-order valence-electron chi connectivity index (χ3n) is 3.71. The van der Waals surface area contributed by atoms with E-state index in [9.17, 15) is 4.79 Å². The van der Waals surface area contributed by atoms with Crippen molar-refractivity contribution in [3.8, 4) is 11.5 Å². The van der Waals surface area contributed by atoms with Gasteiger partial charge in [-0.05, 0) is 38.1 Å². The monoisotopic (exact) mass is 278 g/mol. The van der Waals surface area contributed by atoms with Crippen LogP contribution < -0.4 is 14.8 Å². The molecule has 5 heteroatoms. The average molecular weight is 278 g/mol. The number of ether oxygens (including phenoxy) is 2. The molecule has 0 radical (unpaired) electrons. The Bertz CT molecular complexity index is 470. The van der Waals surface area contributed by atoms with Crippen LogP contribution in [-0.4, -0.2) is 50.7 Å². The van der Waals surface area contributed by atoms with Crippen LogP contribution in [0, 0.1) is 0 Å². The van der Waals surface area contributed by atoms with Gasteiger partial charge in [-0.1, -0.05) is 0 Å². The standard InChI is InChI=1S/C15H22N2O3/c1-4-17(12-7-8-16-10-12)15(18)11-5-6-13(19-2)14(9-11)20-3/h5-6,9,12,16H,4,7-8,10H2,1-3H3. The summed E-state index contributed by atoms with van der Waals surface area (Å²) in [6, 6.07) is 5.58. The molecule has 0 aliphatic carbocycles. The second-order valence-corrected chi connectivity index (χ2v) is 4.81. The van der Waals surface area contributed by atoms with E-state index in [0.717, 1.165) is 19.5 Å². The first kappa shape index (κ1) is 14.7. The maximum absolute atomic E-state index is 12.6. The van der Waals surface area contributed by atoms with Crippen molar-refractivity contribution < 1.29 is 14.3 Å². The molecule has 0 saturated carbocycles. The van der Waals surface area contributed by atoms with Crippen LogP contribution in [0.1, 0.15) is 23.7 Å². The summed E-state index contributed by atoms with van der Waals surface area (Å²) < 4.78 is 10.5. The first-order chi connectivity index (χ1) is 9.71. The molecule has 0 aromatic heterocycles. The Balaban J connectivity index is 2.22. The fraction of sp³-hybridized carbons (Fsp3) is 0.533. The van der Waals surface area contributed by atoms with Crippen molar-refractivity contribution in [3.05, 3.63) is 23.8 Å². The van der Waals surface area contributed by atoms with Crippen LogP contribution in [0.4, 0.5) is 0 Å². The van der Waals surface area contributed by atoms with Crippen LogP contribution in [0.25, 0.3) is 0 Å². The number of nitrogens with one attached hydrogen (secondary N) is 1. The van der Waals surface area contributed by atoms with Crippen LogP contribution in [0.3, 0.4) is 0 Å². The van der Waals surface area contributed by atoms with Gasteiger partial charge >= 0.3 is 0 Å². The van der Waals surface area contributed by atoms with Crippen LogP contribution in [-0.2, 0) is 0 Å². The molecule has 1 aromatic carbocycles. The van der Waals surface area contributed by atoms with Gasteiger partial charge in [-0.25, -0.2) is 0 Å². The largest absolute Gasteiger partial charge is 0.493 e. The highest BCUT2D eigenvalue weighted by Crippen LogP contribution is 2.28. The Labute approximate surface area is 119 Å². The van der Waals surface area contributed by atoms with Gasteiger partial charge in [0, 0.05) is 24.7 Å². The molecule has 1 amide bonds. The average Bonchev–Trinajstić information content (AvgIpc) is 3.01. The zero-order valence-electron chi connectivity index (χ0n) is 12.3. The molecule has 1 N–H and O–H groups in total. The predicted octanol–water partition coefficient (Wildman–Crippen LogP) is 1.53. The van der Waals surface area contributed by atoms with Crippen LogP contribution >= 0.6 is 0 Å². The second kappa shape index (κ2) is 6.61. The third-order valence-corrected chi connectivity index (χ3v) is 3.71. The predicted molar refractivity (Wildman–Crippen MR) is 77.5 cm³/mol. The zero-order chi connectivity index (χ0) is 14.5. The fourth-order valence-corrected chi connectivity index (χ4v) is 2.61. The highest BCUT2D eigenvalue weighted by atomic mass is 16.5. The molecular formula is C15H22N2O3. The molecule has 1 aliphatic heterocycles. The highest BCUT2D eigenvalue weighted by molar-refractivity contribution is 5.95. The lowest BCUT2D eigenvalue weighted by molar-refractivity contribution is 0.0703. The Kier molecular flexibility index (Phi) is 4.84. The second-order valence-electron chi connectivity index (χ2n) is 4.81. The summed E-state index contributed by atoms with van der Waals surface area (Å²) in [5.74, 6) is 1.26. The molecule has 20 heavy (non-hydrogen) atoms. The van der Waals surface area contributed by atoms with Crippen molar-refractivity contribution in [2.45, 2.75) is 19.4 Å². The molecule has 1 aromatic rings. The molecule has 2 rings (SSSR count). The fourth-order valence-electron chi connectivity index (χ4n) is 2.61. The number of benzene rings is 1. The summed E-state index contributed by atoms with van der Waals surface area (Å²) in [5.41, 5.74) is 0.636. The molecule has 110 valence electrons. The van der Waals surface area contributed by atoms with E-state index in [1.54, 1.807) is 32.4 Å². The van der Waals surface area contributed by atoms with Crippen molar-refractivity contribution in [1.82, 2.24) is 10.2 Å². The van der Waals surface area contributed by atoms with Gasteiger partial charge in [0.05, 0.1) is 14.2 Å². The van der Waals surface area contributed by atoms with E-state index in [2.05, 4.69) is 5.32 Å². The molecule has 1 heterocycles. The van der Waals surface area contributed by atoms with Gasteiger partial charge in [-0.2, -0.15) is 0 Å². The summed E-state index contributed by atoms with van der Waals surface area (Å²) in [6.45, 7) is 4.56. The van der Waals surface area contributed by atoms with E-state index in [1.807, 2.05) is 11.8 Å². The number of amides is 1.